The Morgan fingerprint density at radius 2 is 1.78 bits per heavy atom. The summed E-state index contributed by atoms with van der Waals surface area (Å²) >= 11 is 0. The summed E-state index contributed by atoms with van der Waals surface area (Å²) in [4.78, 5) is 26.3. The molecule has 4 nitrogen and oxygen atoms in total. The summed E-state index contributed by atoms with van der Waals surface area (Å²) in [5, 5.41) is 2.86. The largest absolute Gasteiger partial charge is 0.355 e. The number of nitrogens with zero attached hydrogens (tertiary/aromatic N) is 1. The molecule has 1 fully saturated rings. The quantitative estimate of drug-likeness (QED) is 0.602. The molecule has 2 amide bonds. The van der Waals surface area contributed by atoms with Gasteiger partial charge in [-0.05, 0) is 39.5 Å². The van der Waals surface area contributed by atoms with Crippen LogP contribution in [0.5, 0.6) is 0 Å². The summed E-state index contributed by atoms with van der Waals surface area (Å²) in [6.07, 6.45) is 5.30. The van der Waals surface area contributed by atoms with Gasteiger partial charge >= 0.3 is 0 Å². The number of carbonyl (C=O) groups excluding carboxylic acids is 2. The van der Waals surface area contributed by atoms with Crippen LogP contribution in [-0.4, -0.2) is 36.3 Å². The molecule has 1 heterocycles. The smallest absolute Gasteiger partial charge is 0.237 e. The third-order valence-electron chi connectivity index (χ3n) is 3.56. The molecule has 1 N–H and O–H groups in total. The average Bonchev–Trinajstić information content (AvgIpc) is 2.39. The third-order valence-corrected chi connectivity index (χ3v) is 3.56. The SMILES string of the molecule is CCCCNC(=O)C(C)(C)C(=O)N1CCCCC1. The third kappa shape index (κ3) is 3.72. The Balaban J connectivity index is 2.54. The van der Waals surface area contributed by atoms with Crippen molar-refractivity contribution in [2.24, 2.45) is 5.41 Å². The van der Waals surface area contributed by atoms with Crippen LogP contribution in [-0.2, 0) is 9.59 Å². The molecule has 0 unspecified atom stereocenters. The van der Waals surface area contributed by atoms with Crippen LogP contribution >= 0.6 is 0 Å². The van der Waals surface area contributed by atoms with E-state index in [9.17, 15) is 9.59 Å². The second-order valence-electron chi connectivity index (χ2n) is 5.59. The lowest BCUT2D eigenvalue weighted by atomic mass is 9.89. The average molecular weight is 254 g/mol. The Kier molecular flexibility index (Phi) is 5.63. The molecular weight excluding hydrogens is 228 g/mol. The molecule has 18 heavy (non-hydrogen) atoms. The maximum Gasteiger partial charge on any atom is 0.237 e. The van der Waals surface area contributed by atoms with Gasteiger partial charge in [0.1, 0.15) is 5.41 Å². The van der Waals surface area contributed by atoms with E-state index >= 15 is 0 Å². The zero-order valence-corrected chi connectivity index (χ0v) is 11.9. The van der Waals surface area contributed by atoms with Crippen molar-refractivity contribution in [2.45, 2.75) is 52.9 Å². The number of unbranched alkanes of at least 4 members (excludes halogenated alkanes) is 1. The number of amides is 2. The van der Waals surface area contributed by atoms with Crippen LogP contribution in [0.25, 0.3) is 0 Å². The summed E-state index contributed by atoms with van der Waals surface area (Å²) in [5.74, 6) is -0.178. The zero-order valence-electron chi connectivity index (χ0n) is 11.9. The minimum atomic E-state index is -0.939. The fourth-order valence-electron chi connectivity index (χ4n) is 2.19. The second-order valence-corrected chi connectivity index (χ2v) is 5.59. The molecular formula is C14H26N2O2. The van der Waals surface area contributed by atoms with Crippen LogP contribution in [0.4, 0.5) is 0 Å². The van der Waals surface area contributed by atoms with Gasteiger partial charge in [0.25, 0.3) is 0 Å². The van der Waals surface area contributed by atoms with Gasteiger partial charge < -0.3 is 10.2 Å². The Labute approximate surface area is 110 Å². The van der Waals surface area contributed by atoms with Gasteiger partial charge in [0.2, 0.25) is 11.8 Å². The number of hydrogen-bond acceptors (Lipinski definition) is 2. The van der Waals surface area contributed by atoms with Gasteiger partial charge in [0.15, 0.2) is 0 Å². The number of hydrogen-bond donors (Lipinski definition) is 1. The fourth-order valence-corrected chi connectivity index (χ4v) is 2.19. The van der Waals surface area contributed by atoms with Gasteiger partial charge in [-0.25, -0.2) is 0 Å². The Morgan fingerprint density at radius 3 is 2.33 bits per heavy atom. The van der Waals surface area contributed by atoms with Crippen LogP contribution in [0, 0.1) is 5.41 Å². The molecule has 0 spiro atoms. The van der Waals surface area contributed by atoms with E-state index < -0.39 is 5.41 Å². The van der Waals surface area contributed by atoms with Crippen molar-refractivity contribution in [3.05, 3.63) is 0 Å². The lowest BCUT2D eigenvalue weighted by Crippen LogP contribution is -2.50. The molecule has 4 heteroatoms. The van der Waals surface area contributed by atoms with Crippen molar-refractivity contribution in [3.8, 4) is 0 Å². The Hall–Kier alpha value is -1.06. The molecule has 0 aromatic rings. The van der Waals surface area contributed by atoms with E-state index in [1.807, 2.05) is 4.90 Å². The number of rotatable bonds is 5. The van der Waals surface area contributed by atoms with E-state index in [-0.39, 0.29) is 11.8 Å². The zero-order chi connectivity index (χ0) is 13.6. The predicted molar refractivity (Wildman–Crippen MR) is 72.1 cm³/mol. The van der Waals surface area contributed by atoms with Gasteiger partial charge in [0.05, 0.1) is 0 Å². The minimum Gasteiger partial charge on any atom is -0.355 e. The molecule has 0 atom stereocenters. The first-order valence-electron chi connectivity index (χ1n) is 7.07. The molecule has 104 valence electrons. The molecule has 0 aliphatic carbocycles. The Morgan fingerprint density at radius 1 is 1.17 bits per heavy atom. The maximum absolute atomic E-state index is 12.4. The number of piperidine rings is 1. The summed E-state index contributed by atoms with van der Waals surface area (Å²) in [6.45, 7) is 7.79. The number of carbonyl (C=O) groups is 2. The summed E-state index contributed by atoms with van der Waals surface area (Å²) in [5.41, 5.74) is -0.939. The van der Waals surface area contributed by atoms with Crippen LogP contribution in [0.15, 0.2) is 0 Å². The predicted octanol–water partition coefficient (Wildman–Crippen LogP) is 1.94. The number of likely N-dealkylation sites (tertiary alicyclic amines) is 1. The highest BCUT2D eigenvalue weighted by molar-refractivity contribution is 6.04. The highest BCUT2D eigenvalue weighted by Gasteiger charge is 2.39. The van der Waals surface area contributed by atoms with E-state index in [0.29, 0.717) is 6.54 Å². The van der Waals surface area contributed by atoms with Crippen molar-refractivity contribution in [1.82, 2.24) is 10.2 Å². The van der Waals surface area contributed by atoms with E-state index in [2.05, 4.69) is 12.2 Å². The molecule has 0 bridgehead atoms. The molecule has 0 radical (unpaired) electrons. The Bertz CT molecular complexity index is 294. The first-order valence-corrected chi connectivity index (χ1v) is 7.07. The lowest BCUT2D eigenvalue weighted by Gasteiger charge is -2.33. The van der Waals surface area contributed by atoms with E-state index in [1.54, 1.807) is 13.8 Å². The standard InChI is InChI=1S/C14H26N2O2/c1-4-5-9-15-12(17)14(2,3)13(18)16-10-7-6-8-11-16/h4-11H2,1-3H3,(H,15,17). The van der Waals surface area contributed by atoms with E-state index in [1.165, 1.54) is 6.42 Å². The normalized spacial score (nSPS) is 16.5. The summed E-state index contributed by atoms with van der Waals surface area (Å²) < 4.78 is 0. The minimum absolute atomic E-state index is 0.0313. The molecule has 0 aromatic heterocycles. The molecule has 1 aliphatic heterocycles. The summed E-state index contributed by atoms with van der Waals surface area (Å²) in [6, 6.07) is 0. The summed E-state index contributed by atoms with van der Waals surface area (Å²) in [7, 11) is 0. The van der Waals surface area contributed by atoms with Crippen molar-refractivity contribution in [2.75, 3.05) is 19.6 Å². The number of nitrogens with one attached hydrogen (secondary N) is 1. The monoisotopic (exact) mass is 254 g/mol. The molecule has 1 rings (SSSR count). The maximum atomic E-state index is 12.4. The lowest BCUT2D eigenvalue weighted by molar-refractivity contribution is -0.149. The fraction of sp³-hybridized carbons (Fsp3) is 0.857. The van der Waals surface area contributed by atoms with Crippen LogP contribution in [0.2, 0.25) is 0 Å². The van der Waals surface area contributed by atoms with Crippen molar-refractivity contribution in [3.63, 3.8) is 0 Å². The van der Waals surface area contributed by atoms with E-state index in [4.69, 9.17) is 0 Å². The van der Waals surface area contributed by atoms with Gasteiger partial charge in [-0.1, -0.05) is 13.3 Å². The molecule has 1 aliphatic rings. The molecule has 0 aromatic carbocycles. The van der Waals surface area contributed by atoms with Crippen LogP contribution < -0.4 is 5.32 Å². The van der Waals surface area contributed by atoms with Crippen LogP contribution in [0.3, 0.4) is 0 Å². The second kappa shape index (κ2) is 6.76. The van der Waals surface area contributed by atoms with Crippen molar-refractivity contribution < 1.29 is 9.59 Å². The highest BCUT2D eigenvalue weighted by Crippen LogP contribution is 2.22. The highest BCUT2D eigenvalue weighted by atomic mass is 16.2. The van der Waals surface area contributed by atoms with Crippen molar-refractivity contribution in [1.29, 1.82) is 0 Å². The van der Waals surface area contributed by atoms with Gasteiger partial charge in [-0.3, -0.25) is 9.59 Å². The van der Waals surface area contributed by atoms with Crippen LogP contribution in [0.1, 0.15) is 52.9 Å². The van der Waals surface area contributed by atoms with E-state index in [0.717, 1.165) is 38.8 Å². The van der Waals surface area contributed by atoms with Crippen molar-refractivity contribution >= 4 is 11.8 Å². The molecule has 1 saturated heterocycles. The first kappa shape index (κ1) is 15.0. The van der Waals surface area contributed by atoms with Gasteiger partial charge in [-0.15, -0.1) is 0 Å². The first-order chi connectivity index (χ1) is 8.50. The molecule has 0 saturated carbocycles. The van der Waals surface area contributed by atoms with Gasteiger partial charge in [0, 0.05) is 19.6 Å². The van der Waals surface area contributed by atoms with Gasteiger partial charge in [-0.2, -0.15) is 0 Å². The topological polar surface area (TPSA) is 49.4 Å².